The number of rotatable bonds is 7. The van der Waals surface area contributed by atoms with Gasteiger partial charge in [0.15, 0.2) is 0 Å². The lowest BCUT2D eigenvalue weighted by atomic mass is 9.97. The van der Waals surface area contributed by atoms with Crippen LogP contribution in [0.3, 0.4) is 0 Å². The van der Waals surface area contributed by atoms with Crippen molar-refractivity contribution in [1.29, 1.82) is 0 Å². The lowest BCUT2D eigenvalue weighted by Gasteiger charge is -2.26. The summed E-state index contributed by atoms with van der Waals surface area (Å²) in [5.74, 6) is 0. The first-order valence-corrected chi connectivity index (χ1v) is 19.4. The van der Waals surface area contributed by atoms with Crippen molar-refractivity contribution in [3.05, 3.63) is 218 Å². The van der Waals surface area contributed by atoms with Crippen molar-refractivity contribution in [2.75, 3.05) is 4.90 Å². The molecule has 0 unspecified atom stereocenters. The number of nitrogens with zero attached hydrogens (tertiary/aromatic N) is 2. The average molecular weight is 729 g/mol. The second-order valence-electron chi connectivity index (χ2n) is 14.5. The molecule has 2 aromatic heterocycles. The number of para-hydroxylation sites is 4. The molecule has 268 valence electrons. The minimum Gasteiger partial charge on any atom is -0.456 e. The first-order chi connectivity index (χ1) is 28.3. The molecule has 0 atom stereocenters. The van der Waals surface area contributed by atoms with Gasteiger partial charge in [0.2, 0.25) is 0 Å². The highest BCUT2D eigenvalue weighted by Gasteiger charge is 2.16. The summed E-state index contributed by atoms with van der Waals surface area (Å²) in [6.45, 7) is 0. The molecule has 0 saturated carbocycles. The van der Waals surface area contributed by atoms with Gasteiger partial charge in [-0.25, -0.2) is 0 Å². The molecule has 9 aromatic carbocycles. The van der Waals surface area contributed by atoms with E-state index in [0.29, 0.717) is 0 Å². The minimum atomic E-state index is 0.913. The van der Waals surface area contributed by atoms with Crippen molar-refractivity contribution in [2.45, 2.75) is 0 Å². The molecule has 11 aromatic rings. The van der Waals surface area contributed by atoms with E-state index >= 15 is 0 Å². The molecule has 0 radical (unpaired) electrons. The predicted molar refractivity (Wildman–Crippen MR) is 239 cm³/mol. The zero-order valence-corrected chi connectivity index (χ0v) is 31.1. The fraction of sp³-hybridized carbons (Fsp3) is 0. The van der Waals surface area contributed by atoms with Crippen molar-refractivity contribution < 1.29 is 4.42 Å². The van der Waals surface area contributed by atoms with Crippen LogP contribution in [0.5, 0.6) is 0 Å². The molecule has 2 heterocycles. The van der Waals surface area contributed by atoms with Crippen LogP contribution in [-0.4, -0.2) is 4.57 Å². The number of fused-ring (bicyclic) bond motifs is 6. The van der Waals surface area contributed by atoms with E-state index in [1.165, 1.54) is 55.2 Å². The van der Waals surface area contributed by atoms with Gasteiger partial charge in [0, 0.05) is 44.3 Å². The van der Waals surface area contributed by atoms with E-state index in [-0.39, 0.29) is 0 Å². The Morgan fingerprint density at radius 1 is 0.333 bits per heavy atom. The number of aromatic nitrogens is 1. The highest BCUT2D eigenvalue weighted by atomic mass is 16.3. The lowest BCUT2D eigenvalue weighted by Crippen LogP contribution is -2.09. The summed E-state index contributed by atoms with van der Waals surface area (Å²) in [5, 5.41) is 4.84. The van der Waals surface area contributed by atoms with Gasteiger partial charge in [0.1, 0.15) is 11.2 Å². The van der Waals surface area contributed by atoms with Crippen molar-refractivity contribution in [3.8, 4) is 39.1 Å². The SMILES string of the molecule is c1ccc(N(c2ccc(-c3ccc(-c4cccc5oc6ccccc6c45)cc3)cc2)c2ccc(-c3cccc(-n4c5ccccc5c5ccccc54)c3)cc2)cc1. The van der Waals surface area contributed by atoms with Crippen molar-refractivity contribution in [2.24, 2.45) is 0 Å². The van der Waals surface area contributed by atoms with Crippen molar-refractivity contribution in [3.63, 3.8) is 0 Å². The highest BCUT2D eigenvalue weighted by Crippen LogP contribution is 2.40. The maximum atomic E-state index is 6.16. The van der Waals surface area contributed by atoms with Gasteiger partial charge < -0.3 is 13.9 Å². The van der Waals surface area contributed by atoms with E-state index in [0.717, 1.165) is 44.7 Å². The number of furan rings is 1. The topological polar surface area (TPSA) is 21.3 Å². The van der Waals surface area contributed by atoms with E-state index in [2.05, 4.69) is 216 Å². The van der Waals surface area contributed by atoms with Gasteiger partial charge in [-0.15, -0.1) is 0 Å². The Morgan fingerprint density at radius 3 is 1.49 bits per heavy atom. The zero-order valence-electron chi connectivity index (χ0n) is 31.1. The number of benzene rings is 9. The summed E-state index contributed by atoms with van der Waals surface area (Å²) in [7, 11) is 0. The molecule has 0 aliphatic heterocycles. The van der Waals surface area contributed by atoms with Gasteiger partial charge in [-0.3, -0.25) is 0 Å². The zero-order chi connectivity index (χ0) is 37.7. The average Bonchev–Trinajstić information content (AvgIpc) is 3.84. The molecule has 57 heavy (non-hydrogen) atoms. The fourth-order valence-electron chi connectivity index (χ4n) is 8.51. The maximum absolute atomic E-state index is 6.16. The summed E-state index contributed by atoms with van der Waals surface area (Å²) >= 11 is 0. The van der Waals surface area contributed by atoms with Crippen LogP contribution in [0.2, 0.25) is 0 Å². The number of hydrogen-bond acceptors (Lipinski definition) is 2. The third kappa shape index (κ3) is 5.68. The lowest BCUT2D eigenvalue weighted by molar-refractivity contribution is 0.669. The highest BCUT2D eigenvalue weighted by molar-refractivity contribution is 6.12. The Balaban J connectivity index is 0.900. The smallest absolute Gasteiger partial charge is 0.136 e. The summed E-state index contributed by atoms with van der Waals surface area (Å²) in [6.07, 6.45) is 0. The van der Waals surface area contributed by atoms with Gasteiger partial charge in [-0.05, 0) is 106 Å². The first-order valence-electron chi connectivity index (χ1n) is 19.4. The van der Waals surface area contributed by atoms with E-state index in [1.807, 2.05) is 12.1 Å². The minimum absolute atomic E-state index is 0.913. The van der Waals surface area contributed by atoms with Gasteiger partial charge in [0.25, 0.3) is 0 Å². The maximum Gasteiger partial charge on any atom is 0.136 e. The Kier molecular flexibility index (Phi) is 7.82. The van der Waals surface area contributed by atoms with Crippen LogP contribution >= 0.6 is 0 Å². The van der Waals surface area contributed by atoms with E-state index in [4.69, 9.17) is 4.42 Å². The summed E-state index contributed by atoms with van der Waals surface area (Å²) in [6, 6.07) is 78.0. The Labute approximate surface area is 330 Å². The van der Waals surface area contributed by atoms with Crippen LogP contribution in [0.25, 0.3) is 82.8 Å². The quantitative estimate of drug-likeness (QED) is 0.163. The van der Waals surface area contributed by atoms with E-state index < -0.39 is 0 Å². The number of anilines is 3. The molecule has 0 fully saturated rings. The molecule has 0 amide bonds. The molecule has 0 aliphatic rings. The number of hydrogen-bond donors (Lipinski definition) is 0. The van der Waals surface area contributed by atoms with Crippen molar-refractivity contribution >= 4 is 60.8 Å². The summed E-state index contributed by atoms with van der Waals surface area (Å²) < 4.78 is 8.54. The van der Waals surface area contributed by atoms with Gasteiger partial charge in [-0.2, -0.15) is 0 Å². The van der Waals surface area contributed by atoms with Crippen molar-refractivity contribution in [1.82, 2.24) is 4.57 Å². The third-order valence-corrected chi connectivity index (χ3v) is 11.2. The predicted octanol–water partition coefficient (Wildman–Crippen LogP) is 15.2. The normalized spacial score (nSPS) is 11.5. The summed E-state index contributed by atoms with van der Waals surface area (Å²) in [4.78, 5) is 2.32. The van der Waals surface area contributed by atoms with Crippen LogP contribution in [0.4, 0.5) is 17.1 Å². The van der Waals surface area contributed by atoms with E-state index in [1.54, 1.807) is 0 Å². The largest absolute Gasteiger partial charge is 0.456 e. The first kappa shape index (κ1) is 32.8. The molecule has 0 spiro atoms. The third-order valence-electron chi connectivity index (χ3n) is 11.2. The Bertz CT molecular complexity index is 3160. The fourth-order valence-corrected chi connectivity index (χ4v) is 8.51. The second-order valence-corrected chi connectivity index (χ2v) is 14.5. The van der Waals surface area contributed by atoms with Crippen LogP contribution in [0, 0.1) is 0 Å². The summed E-state index contributed by atoms with van der Waals surface area (Å²) in [5.41, 5.74) is 15.8. The molecule has 0 bridgehead atoms. The van der Waals surface area contributed by atoms with Gasteiger partial charge in [-0.1, -0.05) is 146 Å². The molecule has 11 rings (SSSR count). The van der Waals surface area contributed by atoms with Gasteiger partial charge >= 0.3 is 0 Å². The standard InChI is InChI=1S/C54H36N2O/c1-2-13-42(14-3-1)55(43-32-28-38(29-33-43)37-24-26-40(27-25-37)46-19-11-23-53-54(46)49-18-6-9-22-52(49)57-53)44-34-30-39(31-35-44)41-12-10-15-45(36-41)56-50-20-7-4-16-47(50)48-17-5-8-21-51(48)56/h1-36H. The molecule has 0 N–H and O–H groups in total. The Morgan fingerprint density at radius 2 is 0.825 bits per heavy atom. The molecular weight excluding hydrogens is 693 g/mol. The van der Waals surface area contributed by atoms with Crippen LogP contribution in [-0.2, 0) is 0 Å². The molecular formula is C54H36N2O. The molecule has 0 saturated heterocycles. The second kappa shape index (κ2) is 13.6. The molecule has 3 nitrogen and oxygen atoms in total. The van der Waals surface area contributed by atoms with Crippen LogP contribution < -0.4 is 4.90 Å². The molecule has 0 aliphatic carbocycles. The van der Waals surface area contributed by atoms with E-state index in [9.17, 15) is 0 Å². The Hall–Kier alpha value is -7.62. The molecule has 3 heteroatoms. The van der Waals surface area contributed by atoms with Crippen LogP contribution in [0.1, 0.15) is 0 Å². The van der Waals surface area contributed by atoms with Crippen LogP contribution in [0.15, 0.2) is 223 Å². The monoisotopic (exact) mass is 728 g/mol. The van der Waals surface area contributed by atoms with Gasteiger partial charge in [0.05, 0.1) is 11.0 Å².